The first-order valence-electron chi connectivity index (χ1n) is 7.73. The van der Waals surface area contributed by atoms with Gasteiger partial charge in [-0.05, 0) is 50.9 Å². The van der Waals surface area contributed by atoms with Crippen molar-refractivity contribution < 1.29 is 4.92 Å². The third-order valence-corrected chi connectivity index (χ3v) is 6.02. The van der Waals surface area contributed by atoms with Gasteiger partial charge < -0.3 is 20.5 Å². The second kappa shape index (κ2) is 8.63. The summed E-state index contributed by atoms with van der Waals surface area (Å²) in [7, 11) is 0. The Balaban J connectivity index is 0.00000225. The summed E-state index contributed by atoms with van der Waals surface area (Å²) >= 11 is 6.71. The quantitative estimate of drug-likeness (QED) is 0.486. The molecule has 2 aromatic rings. The lowest BCUT2D eigenvalue weighted by Gasteiger charge is -2.28. The minimum absolute atomic E-state index is 0. The van der Waals surface area contributed by atoms with Gasteiger partial charge in [0.1, 0.15) is 4.47 Å². The van der Waals surface area contributed by atoms with Gasteiger partial charge >= 0.3 is 5.69 Å². The molecule has 3 rings (SSSR count). The van der Waals surface area contributed by atoms with E-state index >= 15 is 0 Å². The van der Waals surface area contributed by atoms with Crippen molar-refractivity contribution in [2.45, 2.75) is 13.0 Å². The third-order valence-electron chi connectivity index (χ3n) is 4.06. The van der Waals surface area contributed by atoms with Crippen LogP contribution in [0.4, 0.5) is 11.6 Å². The van der Waals surface area contributed by atoms with Crippen molar-refractivity contribution in [3.05, 3.63) is 25.1 Å². The highest BCUT2D eigenvalue weighted by atomic mass is 79.9. The van der Waals surface area contributed by atoms with E-state index in [0.717, 1.165) is 44.1 Å². The number of nitro benzene ring substituents is 1. The molecule has 0 spiro atoms. The zero-order valence-electron chi connectivity index (χ0n) is 13.4. The Morgan fingerprint density at radius 3 is 2.64 bits per heavy atom. The standard InChI is InChI=1S/C14H18Br2N6O2.ClH/c15-9-8-10-12(13(11(9)16)22(23)24)19-14(21(10)5-1-2-17)20-6-3-18-4-7-20;/h8,18H,1-7,17H2;1H. The van der Waals surface area contributed by atoms with Crippen LogP contribution in [0.1, 0.15) is 6.42 Å². The van der Waals surface area contributed by atoms with Crippen LogP contribution in [-0.4, -0.2) is 47.2 Å². The van der Waals surface area contributed by atoms with Crippen LogP contribution in [0.2, 0.25) is 0 Å². The topological polar surface area (TPSA) is 102 Å². The SMILES string of the molecule is Cl.NCCCn1c(N2CCNCC2)nc2c([N+](=O)[O-])c(Br)c(Br)cc21. The second-order valence-electron chi connectivity index (χ2n) is 5.59. The highest BCUT2D eigenvalue weighted by Gasteiger charge is 2.27. The minimum Gasteiger partial charge on any atom is -0.340 e. The van der Waals surface area contributed by atoms with E-state index in [0.29, 0.717) is 27.6 Å². The lowest BCUT2D eigenvalue weighted by molar-refractivity contribution is -0.384. The van der Waals surface area contributed by atoms with Crippen LogP contribution in [0, 0.1) is 10.1 Å². The van der Waals surface area contributed by atoms with Gasteiger partial charge in [0.25, 0.3) is 0 Å². The lowest BCUT2D eigenvalue weighted by Crippen LogP contribution is -2.44. The van der Waals surface area contributed by atoms with Crippen LogP contribution >= 0.6 is 44.3 Å². The average molecular weight is 499 g/mol. The summed E-state index contributed by atoms with van der Waals surface area (Å²) in [6, 6.07) is 1.88. The monoisotopic (exact) mass is 496 g/mol. The molecule has 11 heteroatoms. The average Bonchev–Trinajstić information content (AvgIpc) is 2.92. The number of imidazole rings is 1. The number of hydrogen-bond donors (Lipinski definition) is 2. The number of benzene rings is 1. The van der Waals surface area contributed by atoms with Crippen molar-refractivity contribution in [2.24, 2.45) is 5.73 Å². The number of anilines is 1. The summed E-state index contributed by atoms with van der Waals surface area (Å²) in [5, 5.41) is 14.9. The molecule has 0 saturated carbocycles. The number of aryl methyl sites for hydroxylation is 1. The first-order chi connectivity index (χ1) is 11.5. The van der Waals surface area contributed by atoms with Gasteiger partial charge in [-0.25, -0.2) is 4.98 Å². The van der Waals surface area contributed by atoms with Crippen molar-refractivity contribution in [1.29, 1.82) is 0 Å². The van der Waals surface area contributed by atoms with E-state index in [2.05, 4.69) is 47.1 Å². The molecule has 1 aromatic carbocycles. The van der Waals surface area contributed by atoms with E-state index in [1.54, 1.807) is 0 Å². The number of nitro groups is 1. The normalized spacial score (nSPS) is 14.6. The molecule has 0 unspecified atom stereocenters. The molecule has 0 amide bonds. The predicted molar refractivity (Wildman–Crippen MR) is 108 cm³/mol. The molecule has 2 heterocycles. The van der Waals surface area contributed by atoms with Crippen molar-refractivity contribution in [2.75, 3.05) is 37.6 Å². The van der Waals surface area contributed by atoms with Gasteiger partial charge in [0.2, 0.25) is 5.95 Å². The highest BCUT2D eigenvalue weighted by molar-refractivity contribution is 9.13. The lowest BCUT2D eigenvalue weighted by atomic mass is 10.2. The fourth-order valence-electron chi connectivity index (χ4n) is 2.92. The smallest absolute Gasteiger partial charge is 0.312 e. The van der Waals surface area contributed by atoms with Crippen LogP contribution in [0.15, 0.2) is 15.0 Å². The molecule has 1 fully saturated rings. The summed E-state index contributed by atoms with van der Waals surface area (Å²) in [4.78, 5) is 18.0. The fraction of sp³-hybridized carbons (Fsp3) is 0.500. The maximum Gasteiger partial charge on any atom is 0.312 e. The van der Waals surface area contributed by atoms with Gasteiger partial charge in [0.15, 0.2) is 5.52 Å². The Morgan fingerprint density at radius 1 is 1.36 bits per heavy atom. The molecular weight excluding hydrogens is 479 g/mol. The molecule has 8 nitrogen and oxygen atoms in total. The van der Waals surface area contributed by atoms with Crippen LogP contribution in [0.25, 0.3) is 11.0 Å². The van der Waals surface area contributed by atoms with Crippen molar-refractivity contribution in [1.82, 2.24) is 14.9 Å². The Morgan fingerprint density at radius 2 is 2.04 bits per heavy atom. The van der Waals surface area contributed by atoms with Crippen molar-refractivity contribution in [3.63, 3.8) is 0 Å². The van der Waals surface area contributed by atoms with E-state index in [9.17, 15) is 10.1 Å². The Hall–Kier alpha value is -0.940. The zero-order chi connectivity index (χ0) is 17.3. The molecule has 3 N–H and O–H groups in total. The largest absolute Gasteiger partial charge is 0.340 e. The minimum atomic E-state index is -0.390. The maximum absolute atomic E-state index is 11.6. The Labute approximate surface area is 167 Å². The Bertz CT molecular complexity index is 779. The summed E-state index contributed by atoms with van der Waals surface area (Å²) in [5.41, 5.74) is 6.81. The number of nitrogens with one attached hydrogen (secondary N) is 1. The van der Waals surface area contributed by atoms with E-state index in [1.165, 1.54) is 0 Å². The van der Waals surface area contributed by atoms with Gasteiger partial charge in [-0.1, -0.05) is 0 Å². The number of aromatic nitrogens is 2. The molecule has 1 aromatic heterocycles. The third kappa shape index (κ3) is 3.92. The van der Waals surface area contributed by atoms with Crippen LogP contribution < -0.4 is 16.0 Å². The van der Waals surface area contributed by atoms with Gasteiger partial charge in [0, 0.05) is 37.2 Å². The molecule has 138 valence electrons. The number of fused-ring (bicyclic) bond motifs is 1. The number of rotatable bonds is 5. The van der Waals surface area contributed by atoms with Crippen molar-refractivity contribution >= 4 is 66.9 Å². The summed E-state index contributed by atoms with van der Waals surface area (Å²) in [6.45, 7) is 4.62. The van der Waals surface area contributed by atoms with Gasteiger partial charge in [-0.3, -0.25) is 10.1 Å². The van der Waals surface area contributed by atoms with Gasteiger partial charge in [0.05, 0.1) is 10.4 Å². The maximum atomic E-state index is 11.6. The molecule has 0 atom stereocenters. The number of piperazine rings is 1. The summed E-state index contributed by atoms with van der Waals surface area (Å²) < 4.78 is 3.09. The fourth-order valence-corrected chi connectivity index (χ4v) is 3.77. The van der Waals surface area contributed by atoms with Crippen molar-refractivity contribution in [3.8, 4) is 0 Å². The van der Waals surface area contributed by atoms with E-state index in [-0.39, 0.29) is 23.0 Å². The second-order valence-corrected chi connectivity index (χ2v) is 7.24. The summed E-state index contributed by atoms with van der Waals surface area (Å²) in [5.74, 6) is 0.771. The predicted octanol–water partition coefficient (Wildman–Crippen LogP) is 2.65. The number of halogens is 3. The molecule has 1 aliphatic heterocycles. The highest BCUT2D eigenvalue weighted by Crippen LogP contribution is 2.40. The number of nitrogens with zero attached hydrogens (tertiary/aromatic N) is 4. The molecule has 0 aliphatic carbocycles. The molecule has 0 radical (unpaired) electrons. The summed E-state index contributed by atoms with van der Waals surface area (Å²) in [6.07, 6.45) is 0.784. The van der Waals surface area contributed by atoms with E-state index in [4.69, 9.17) is 5.73 Å². The number of hydrogen-bond acceptors (Lipinski definition) is 6. The van der Waals surface area contributed by atoms with Gasteiger partial charge in [-0.2, -0.15) is 0 Å². The van der Waals surface area contributed by atoms with E-state index in [1.807, 2.05) is 10.6 Å². The molecular formula is C14H19Br2ClN6O2. The first kappa shape index (κ1) is 20.4. The van der Waals surface area contributed by atoms with Crippen LogP contribution in [0.5, 0.6) is 0 Å². The van der Waals surface area contributed by atoms with Gasteiger partial charge in [-0.15, -0.1) is 12.4 Å². The number of nitrogens with two attached hydrogens (primary N) is 1. The molecule has 1 aliphatic rings. The van der Waals surface area contributed by atoms with Crippen LogP contribution in [0.3, 0.4) is 0 Å². The Kier molecular flexibility index (Phi) is 7.03. The first-order valence-corrected chi connectivity index (χ1v) is 9.31. The molecule has 0 bridgehead atoms. The molecule has 1 saturated heterocycles. The molecule has 25 heavy (non-hydrogen) atoms. The van der Waals surface area contributed by atoms with Crippen LogP contribution in [-0.2, 0) is 6.54 Å². The zero-order valence-corrected chi connectivity index (χ0v) is 17.4. The van der Waals surface area contributed by atoms with E-state index < -0.39 is 0 Å².